The molecule has 0 fully saturated rings. The number of rotatable bonds is 5. The number of hydrogen-bond donors (Lipinski definition) is 1. The minimum Gasteiger partial charge on any atom is -0.493 e. The van der Waals surface area contributed by atoms with E-state index >= 15 is 0 Å². The smallest absolute Gasteiger partial charge is 0.416 e. The number of nitro groups is 1. The van der Waals surface area contributed by atoms with Crippen molar-refractivity contribution in [3.8, 4) is 0 Å². The number of esters is 1. The van der Waals surface area contributed by atoms with Gasteiger partial charge in [0.2, 0.25) is 5.76 Å². The lowest BCUT2D eigenvalue weighted by atomic mass is 10.1. The summed E-state index contributed by atoms with van der Waals surface area (Å²) in [5, 5.41) is 12.9. The number of amides is 1. The van der Waals surface area contributed by atoms with Gasteiger partial charge in [0, 0.05) is 6.07 Å². The van der Waals surface area contributed by atoms with E-state index in [1.54, 1.807) is 0 Å². The van der Waals surface area contributed by atoms with Gasteiger partial charge in [-0.1, -0.05) is 0 Å². The van der Waals surface area contributed by atoms with Gasteiger partial charge >= 0.3 is 12.1 Å². The van der Waals surface area contributed by atoms with Crippen molar-refractivity contribution in [1.29, 1.82) is 0 Å². The van der Waals surface area contributed by atoms with Gasteiger partial charge < -0.3 is 19.5 Å². The number of nitrogens with one attached hydrogen (secondary N) is 1. The fraction of sp³-hybridized carbons (Fsp3) is 0.286. The zero-order valence-corrected chi connectivity index (χ0v) is 12.9. The summed E-state index contributed by atoms with van der Waals surface area (Å²) in [5.41, 5.74) is -2.67. The van der Waals surface area contributed by atoms with Crippen molar-refractivity contribution in [2.24, 2.45) is 0 Å². The Bertz CT molecular complexity index is 761. The van der Waals surface area contributed by atoms with Crippen LogP contribution in [0.5, 0.6) is 0 Å². The molecule has 1 aliphatic rings. The SMILES string of the molecule is O=C(COC(=O)C1=COCCO1)Nc1ccc(C(F)(F)F)cc1[N+](=O)[O-]. The Labute approximate surface area is 143 Å². The molecule has 1 amide bonds. The summed E-state index contributed by atoms with van der Waals surface area (Å²) < 4.78 is 52.2. The maximum atomic E-state index is 12.6. The molecular formula is C14H11F3N2O7. The molecule has 2 rings (SSSR count). The zero-order valence-electron chi connectivity index (χ0n) is 12.9. The molecule has 9 nitrogen and oxygen atoms in total. The summed E-state index contributed by atoms with van der Waals surface area (Å²) in [6.07, 6.45) is -3.77. The van der Waals surface area contributed by atoms with Crippen LogP contribution in [0.1, 0.15) is 5.56 Å². The van der Waals surface area contributed by atoms with Crippen LogP contribution in [-0.4, -0.2) is 36.6 Å². The molecule has 26 heavy (non-hydrogen) atoms. The van der Waals surface area contributed by atoms with Gasteiger partial charge in [-0.25, -0.2) is 4.79 Å². The van der Waals surface area contributed by atoms with E-state index in [9.17, 15) is 32.9 Å². The molecule has 1 aliphatic heterocycles. The van der Waals surface area contributed by atoms with Crippen molar-refractivity contribution >= 4 is 23.3 Å². The highest BCUT2D eigenvalue weighted by molar-refractivity contribution is 5.96. The van der Waals surface area contributed by atoms with E-state index < -0.39 is 46.5 Å². The molecular weight excluding hydrogens is 365 g/mol. The highest BCUT2D eigenvalue weighted by atomic mass is 19.4. The molecule has 0 radical (unpaired) electrons. The fourth-order valence-corrected chi connectivity index (χ4v) is 1.83. The molecule has 0 spiro atoms. The molecule has 0 atom stereocenters. The van der Waals surface area contributed by atoms with Gasteiger partial charge in [-0.2, -0.15) is 13.2 Å². The quantitative estimate of drug-likeness (QED) is 0.474. The number of benzene rings is 1. The lowest BCUT2D eigenvalue weighted by Crippen LogP contribution is -2.24. The molecule has 1 aromatic rings. The van der Waals surface area contributed by atoms with Crippen LogP contribution < -0.4 is 5.32 Å². The number of nitrogens with zero attached hydrogens (tertiary/aromatic N) is 1. The number of halogens is 3. The second kappa shape index (κ2) is 7.72. The number of ether oxygens (including phenoxy) is 3. The van der Waals surface area contributed by atoms with Crippen molar-refractivity contribution in [3.63, 3.8) is 0 Å². The van der Waals surface area contributed by atoms with Crippen LogP contribution in [0.25, 0.3) is 0 Å². The Kier molecular flexibility index (Phi) is 5.64. The van der Waals surface area contributed by atoms with Crippen molar-refractivity contribution in [1.82, 2.24) is 0 Å². The molecule has 0 unspecified atom stereocenters. The van der Waals surface area contributed by atoms with Crippen LogP contribution in [0.2, 0.25) is 0 Å². The average molecular weight is 376 g/mol. The predicted octanol–water partition coefficient (Wildman–Crippen LogP) is 1.98. The van der Waals surface area contributed by atoms with Crippen molar-refractivity contribution in [3.05, 3.63) is 45.9 Å². The first-order valence-corrected chi connectivity index (χ1v) is 6.95. The number of hydrogen-bond acceptors (Lipinski definition) is 7. The molecule has 1 aromatic carbocycles. The van der Waals surface area contributed by atoms with E-state index in [0.717, 1.165) is 12.3 Å². The summed E-state index contributed by atoms with van der Waals surface area (Å²) >= 11 is 0. The molecule has 1 N–H and O–H groups in total. The average Bonchev–Trinajstić information content (AvgIpc) is 2.59. The third-order valence-electron chi connectivity index (χ3n) is 2.98. The van der Waals surface area contributed by atoms with Gasteiger partial charge in [-0.3, -0.25) is 14.9 Å². The number of nitro benzene ring substituents is 1. The Hall–Kier alpha value is -3.31. The van der Waals surface area contributed by atoms with Gasteiger partial charge in [0.15, 0.2) is 6.61 Å². The number of carbonyl (C=O) groups is 2. The summed E-state index contributed by atoms with van der Waals surface area (Å²) in [6, 6.07) is 1.60. The van der Waals surface area contributed by atoms with E-state index in [-0.39, 0.29) is 19.0 Å². The monoisotopic (exact) mass is 376 g/mol. The van der Waals surface area contributed by atoms with Crippen molar-refractivity contribution < 1.29 is 41.9 Å². The van der Waals surface area contributed by atoms with Crippen LogP contribution in [0.3, 0.4) is 0 Å². The maximum Gasteiger partial charge on any atom is 0.416 e. The molecule has 0 saturated heterocycles. The third kappa shape index (κ3) is 4.84. The molecule has 0 aromatic heterocycles. The number of alkyl halides is 3. The molecule has 140 valence electrons. The fourth-order valence-electron chi connectivity index (χ4n) is 1.83. The van der Waals surface area contributed by atoms with Gasteiger partial charge in [0.05, 0.1) is 10.5 Å². The van der Waals surface area contributed by atoms with Crippen LogP contribution in [0.15, 0.2) is 30.2 Å². The normalized spacial score (nSPS) is 13.7. The summed E-state index contributed by atoms with van der Waals surface area (Å²) in [6.45, 7) is -0.475. The largest absolute Gasteiger partial charge is 0.493 e. The van der Waals surface area contributed by atoms with Crippen LogP contribution >= 0.6 is 0 Å². The third-order valence-corrected chi connectivity index (χ3v) is 2.98. The van der Waals surface area contributed by atoms with E-state index in [1.807, 2.05) is 5.32 Å². The first-order chi connectivity index (χ1) is 12.2. The Balaban J connectivity index is 2.03. The number of anilines is 1. The van der Waals surface area contributed by atoms with Gasteiger partial charge in [0.1, 0.15) is 25.2 Å². The van der Waals surface area contributed by atoms with Crippen LogP contribution in [-0.2, 0) is 30.0 Å². The topological polar surface area (TPSA) is 117 Å². The van der Waals surface area contributed by atoms with E-state index in [0.29, 0.717) is 12.1 Å². The Morgan fingerprint density at radius 2 is 2.04 bits per heavy atom. The summed E-state index contributed by atoms with van der Waals surface area (Å²) in [7, 11) is 0. The van der Waals surface area contributed by atoms with Gasteiger partial charge in [0.25, 0.3) is 11.6 Å². The minimum absolute atomic E-state index is 0.116. The second-order valence-electron chi connectivity index (χ2n) is 4.81. The summed E-state index contributed by atoms with van der Waals surface area (Å²) in [4.78, 5) is 33.2. The minimum atomic E-state index is -4.78. The lowest BCUT2D eigenvalue weighted by molar-refractivity contribution is -0.384. The van der Waals surface area contributed by atoms with Crippen molar-refractivity contribution in [2.45, 2.75) is 6.18 Å². The van der Waals surface area contributed by atoms with Crippen LogP contribution in [0, 0.1) is 10.1 Å². The maximum absolute atomic E-state index is 12.6. The van der Waals surface area contributed by atoms with E-state index in [1.165, 1.54) is 0 Å². The Morgan fingerprint density at radius 1 is 1.31 bits per heavy atom. The van der Waals surface area contributed by atoms with Gasteiger partial charge in [-0.15, -0.1) is 0 Å². The second-order valence-corrected chi connectivity index (χ2v) is 4.81. The van der Waals surface area contributed by atoms with Crippen molar-refractivity contribution in [2.75, 3.05) is 25.1 Å². The first kappa shape index (κ1) is 19.0. The van der Waals surface area contributed by atoms with Crippen LogP contribution in [0.4, 0.5) is 24.5 Å². The highest BCUT2D eigenvalue weighted by Gasteiger charge is 2.33. The lowest BCUT2D eigenvalue weighted by Gasteiger charge is -2.14. The predicted molar refractivity (Wildman–Crippen MR) is 77.7 cm³/mol. The molecule has 0 saturated carbocycles. The molecule has 12 heteroatoms. The Morgan fingerprint density at radius 3 is 2.62 bits per heavy atom. The molecule has 0 aliphatic carbocycles. The first-order valence-electron chi connectivity index (χ1n) is 6.95. The van der Waals surface area contributed by atoms with E-state index in [2.05, 4.69) is 4.74 Å². The standard InChI is InChI=1S/C14H11F3N2O7/c15-14(16,17)8-1-2-9(10(5-8)19(22)23)18-12(20)7-26-13(21)11-6-24-3-4-25-11/h1-2,5-6H,3-4,7H2,(H,18,20). The highest BCUT2D eigenvalue weighted by Crippen LogP contribution is 2.34. The zero-order chi connectivity index (χ0) is 19.3. The van der Waals surface area contributed by atoms with Gasteiger partial charge in [-0.05, 0) is 12.1 Å². The molecule has 0 bridgehead atoms. The number of carbonyl (C=O) groups excluding carboxylic acids is 2. The summed E-state index contributed by atoms with van der Waals surface area (Å²) in [5.74, 6) is -2.25. The van der Waals surface area contributed by atoms with E-state index in [4.69, 9.17) is 9.47 Å². The molecule has 1 heterocycles.